The number of carbonyl (C=O) groups is 1. The quantitative estimate of drug-likeness (QED) is 0.516. The smallest absolute Gasteiger partial charge is 0.369 e. The van der Waals surface area contributed by atoms with Gasteiger partial charge in [0, 0.05) is 19.1 Å². The highest BCUT2D eigenvalue weighted by Gasteiger charge is 2.35. The fraction of sp³-hybridized carbons (Fsp3) is 0.542. The summed E-state index contributed by atoms with van der Waals surface area (Å²) in [7, 11) is 0. The van der Waals surface area contributed by atoms with E-state index in [1.165, 1.54) is 18.5 Å². The molecule has 1 aromatic heterocycles. The van der Waals surface area contributed by atoms with Crippen LogP contribution in [-0.4, -0.2) is 53.0 Å². The molecule has 4 rings (SSSR count). The summed E-state index contributed by atoms with van der Waals surface area (Å²) in [6.45, 7) is 4.59. The number of rotatable bonds is 9. The van der Waals surface area contributed by atoms with Crippen molar-refractivity contribution in [1.82, 2.24) is 14.9 Å². The number of nitrogens with one attached hydrogen (secondary N) is 1. The lowest BCUT2D eigenvalue weighted by molar-refractivity contribution is -0.137. The molecule has 0 unspecified atom stereocenters. The van der Waals surface area contributed by atoms with Crippen LogP contribution in [-0.2, 0) is 17.5 Å². The highest BCUT2D eigenvalue weighted by molar-refractivity contribution is 5.75. The Morgan fingerprint density at radius 1 is 1.20 bits per heavy atom. The third-order valence-electron chi connectivity index (χ3n) is 6.79. The van der Waals surface area contributed by atoms with Crippen molar-refractivity contribution in [2.24, 2.45) is 11.1 Å². The van der Waals surface area contributed by atoms with Gasteiger partial charge in [0.05, 0.1) is 12.1 Å². The molecule has 1 saturated carbocycles. The van der Waals surface area contributed by atoms with Gasteiger partial charge in [0.2, 0.25) is 11.7 Å². The maximum absolute atomic E-state index is 15.5. The van der Waals surface area contributed by atoms with Crippen LogP contribution in [0.25, 0.3) is 0 Å². The third kappa shape index (κ3) is 6.39. The molecule has 1 aliphatic heterocycles. The van der Waals surface area contributed by atoms with Gasteiger partial charge in [-0.1, -0.05) is 19.1 Å². The summed E-state index contributed by atoms with van der Waals surface area (Å²) in [4.78, 5) is 23.2. The standard InChI is InChI=1S/C24H30F4N6O/c1-23(8-10-33(11-9-23)13-19(29)35)14-30-21-20(25)22(32-15-31-21)34(18-6-7-18)12-16-2-4-17(5-3-16)24(26,27)28/h2-5,15,18H,6-14H2,1H3,(H2,29,35)(H,30,31,32). The van der Waals surface area contributed by atoms with E-state index in [0.717, 1.165) is 50.9 Å². The van der Waals surface area contributed by atoms with Gasteiger partial charge in [-0.05, 0) is 61.9 Å². The van der Waals surface area contributed by atoms with Crippen LogP contribution >= 0.6 is 0 Å². The van der Waals surface area contributed by atoms with E-state index in [-0.39, 0.29) is 42.1 Å². The first-order valence-electron chi connectivity index (χ1n) is 11.7. The second kappa shape index (κ2) is 9.96. The molecular formula is C24H30F4N6O. The van der Waals surface area contributed by atoms with Crippen molar-refractivity contribution in [1.29, 1.82) is 0 Å². The predicted octanol–water partition coefficient (Wildman–Crippen LogP) is 3.80. The summed E-state index contributed by atoms with van der Waals surface area (Å²) in [6.07, 6.45) is 0.299. The Labute approximate surface area is 201 Å². The number of halogens is 4. The summed E-state index contributed by atoms with van der Waals surface area (Å²) >= 11 is 0. The molecule has 11 heteroatoms. The van der Waals surface area contributed by atoms with Crippen LogP contribution in [0.2, 0.25) is 0 Å². The normalized spacial score (nSPS) is 18.3. The Morgan fingerprint density at radius 2 is 1.86 bits per heavy atom. The number of carbonyl (C=O) groups excluding carboxylic acids is 1. The van der Waals surface area contributed by atoms with Crippen LogP contribution in [0.4, 0.5) is 29.2 Å². The zero-order chi connectivity index (χ0) is 25.2. The maximum atomic E-state index is 15.5. The first-order valence-corrected chi connectivity index (χ1v) is 11.7. The zero-order valence-corrected chi connectivity index (χ0v) is 19.6. The van der Waals surface area contributed by atoms with Gasteiger partial charge in [0.15, 0.2) is 11.6 Å². The molecule has 2 aromatic rings. The summed E-state index contributed by atoms with van der Waals surface area (Å²) in [5.41, 5.74) is 5.12. The van der Waals surface area contributed by atoms with E-state index < -0.39 is 17.6 Å². The number of nitrogens with zero attached hydrogens (tertiary/aromatic N) is 4. The second-order valence-corrected chi connectivity index (χ2v) is 9.82. The molecule has 1 saturated heterocycles. The van der Waals surface area contributed by atoms with E-state index in [1.807, 2.05) is 4.90 Å². The number of alkyl halides is 3. The van der Waals surface area contributed by atoms with E-state index >= 15 is 4.39 Å². The van der Waals surface area contributed by atoms with Gasteiger partial charge < -0.3 is 16.0 Å². The molecule has 7 nitrogen and oxygen atoms in total. The summed E-state index contributed by atoms with van der Waals surface area (Å²) in [5, 5.41) is 3.13. The van der Waals surface area contributed by atoms with Crippen LogP contribution in [0.15, 0.2) is 30.6 Å². The van der Waals surface area contributed by atoms with Crippen LogP contribution in [0.1, 0.15) is 43.7 Å². The molecule has 190 valence electrons. The lowest BCUT2D eigenvalue weighted by Crippen LogP contribution is -2.44. The molecule has 0 spiro atoms. The maximum Gasteiger partial charge on any atom is 0.416 e. The number of hydrogen-bond acceptors (Lipinski definition) is 6. The molecule has 0 atom stereocenters. The van der Waals surface area contributed by atoms with Gasteiger partial charge in [-0.25, -0.2) is 9.97 Å². The van der Waals surface area contributed by atoms with Gasteiger partial charge in [-0.3, -0.25) is 9.69 Å². The minimum atomic E-state index is -4.40. The Bertz CT molecular complexity index is 1030. The molecule has 2 aliphatic rings. The van der Waals surface area contributed by atoms with Gasteiger partial charge in [0.25, 0.3) is 0 Å². The number of nitrogens with two attached hydrogens (primary N) is 1. The van der Waals surface area contributed by atoms with Gasteiger partial charge >= 0.3 is 6.18 Å². The van der Waals surface area contributed by atoms with E-state index in [4.69, 9.17) is 5.73 Å². The molecule has 0 radical (unpaired) electrons. The molecule has 2 heterocycles. The second-order valence-electron chi connectivity index (χ2n) is 9.82. The first kappa shape index (κ1) is 25.2. The fourth-order valence-electron chi connectivity index (χ4n) is 4.39. The Hall–Kier alpha value is -2.95. The third-order valence-corrected chi connectivity index (χ3v) is 6.79. The number of aromatic nitrogens is 2. The SMILES string of the molecule is CC1(CNc2ncnc(N(Cc3ccc(C(F)(F)F)cc3)C3CC3)c2F)CCN(CC(N)=O)CC1. The van der Waals surface area contributed by atoms with Gasteiger partial charge in [-0.2, -0.15) is 17.6 Å². The van der Waals surface area contributed by atoms with Crippen molar-refractivity contribution in [3.63, 3.8) is 0 Å². The van der Waals surface area contributed by atoms with E-state index in [0.29, 0.717) is 12.1 Å². The lowest BCUT2D eigenvalue weighted by atomic mass is 9.80. The summed E-state index contributed by atoms with van der Waals surface area (Å²) in [5.74, 6) is -0.667. The first-order chi connectivity index (χ1) is 16.5. The van der Waals surface area contributed by atoms with Crippen LogP contribution in [0.3, 0.4) is 0 Å². The molecule has 1 aromatic carbocycles. The molecule has 2 fully saturated rings. The number of benzene rings is 1. The largest absolute Gasteiger partial charge is 0.416 e. The van der Waals surface area contributed by atoms with Crippen molar-refractivity contribution in [3.05, 3.63) is 47.5 Å². The van der Waals surface area contributed by atoms with E-state index in [1.54, 1.807) is 4.90 Å². The number of hydrogen-bond donors (Lipinski definition) is 2. The minimum absolute atomic E-state index is 0.0849. The number of primary amides is 1. The Morgan fingerprint density at radius 3 is 2.43 bits per heavy atom. The number of piperidine rings is 1. The van der Waals surface area contributed by atoms with Crippen molar-refractivity contribution >= 4 is 17.5 Å². The molecule has 1 aliphatic carbocycles. The number of anilines is 2. The van der Waals surface area contributed by atoms with Crippen LogP contribution < -0.4 is 16.0 Å². The Kier molecular flexibility index (Phi) is 7.16. The average molecular weight is 495 g/mol. The lowest BCUT2D eigenvalue weighted by Gasteiger charge is -2.39. The topological polar surface area (TPSA) is 87.4 Å². The molecule has 0 bridgehead atoms. The van der Waals surface area contributed by atoms with Crippen molar-refractivity contribution in [2.45, 2.75) is 51.4 Å². The van der Waals surface area contributed by atoms with E-state index in [9.17, 15) is 18.0 Å². The van der Waals surface area contributed by atoms with Crippen molar-refractivity contribution < 1.29 is 22.4 Å². The van der Waals surface area contributed by atoms with E-state index in [2.05, 4.69) is 22.2 Å². The molecular weight excluding hydrogens is 464 g/mol. The summed E-state index contributed by atoms with van der Waals surface area (Å²) in [6, 6.07) is 5.00. The predicted molar refractivity (Wildman–Crippen MR) is 124 cm³/mol. The highest BCUT2D eigenvalue weighted by atomic mass is 19.4. The van der Waals surface area contributed by atoms with Crippen LogP contribution in [0.5, 0.6) is 0 Å². The van der Waals surface area contributed by atoms with Crippen molar-refractivity contribution in [3.8, 4) is 0 Å². The Balaban J connectivity index is 1.43. The monoisotopic (exact) mass is 494 g/mol. The van der Waals surface area contributed by atoms with Gasteiger partial charge in [0.1, 0.15) is 6.33 Å². The number of amides is 1. The summed E-state index contributed by atoms with van der Waals surface area (Å²) < 4.78 is 54.1. The highest BCUT2D eigenvalue weighted by Crippen LogP contribution is 2.36. The van der Waals surface area contributed by atoms with Crippen molar-refractivity contribution in [2.75, 3.05) is 36.4 Å². The molecule has 3 N–H and O–H groups in total. The average Bonchev–Trinajstić information content (AvgIpc) is 3.64. The minimum Gasteiger partial charge on any atom is -0.369 e. The zero-order valence-electron chi connectivity index (χ0n) is 19.6. The molecule has 35 heavy (non-hydrogen) atoms. The molecule has 1 amide bonds. The fourth-order valence-corrected chi connectivity index (χ4v) is 4.39. The van der Waals surface area contributed by atoms with Crippen LogP contribution in [0, 0.1) is 11.2 Å². The van der Waals surface area contributed by atoms with Gasteiger partial charge in [-0.15, -0.1) is 0 Å². The number of likely N-dealkylation sites (tertiary alicyclic amines) is 1.